The van der Waals surface area contributed by atoms with E-state index in [2.05, 4.69) is 0 Å². The normalized spacial score (nSPS) is 14.9. The lowest BCUT2D eigenvalue weighted by Gasteiger charge is -2.23. The molecule has 1 rings (SSSR count). The van der Waals surface area contributed by atoms with Crippen molar-refractivity contribution in [2.45, 2.75) is 32.0 Å². The van der Waals surface area contributed by atoms with E-state index in [-0.39, 0.29) is 5.92 Å². The minimum Gasteiger partial charge on any atom is -0.494 e. The number of hydrogen-bond acceptors (Lipinski definition) is 3. The van der Waals surface area contributed by atoms with Gasteiger partial charge in [0.15, 0.2) is 0 Å². The second kappa shape index (κ2) is 7.65. The van der Waals surface area contributed by atoms with Crippen LogP contribution in [-0.4, -0.2) is 22.2 Å². The molecule has 0 fully saturated rings. The van der Waals surface area contributed by atoms with Crippen LogP contribution in [0.1, 0.15) is 26.2 Å². The largest absolute Gasteiger partial charge is 0.494 e. The first-order valence-corrected chi connectivity index (χ1v) is 8.12. The van der Waals surface area contributed by atoms with Crippen LogP contribution in [0.4, 0.5) is 0 Å². The van der Waals surface area contributed by atoms with Crippen LogP contribution >= 0.6 is 7.60 Å². The van der Waals surface area contributed by atoms with Crippen molar-refractivity contribution < 1.29 is 19.1 Å². The van der Waals surface area contributed by atoms with E-state index in [1.807, 2.05) is 37.3 Å². The molecule has 4 N–H and O–H groups in total. The number of hydrogen-bond donors (Lipinski definition) is 3. The Kier molecular flexibility index (Phi) is 6.52. The van der Waals surface area contributed by atoms with Gasteiger partial charge in [-0.3, -0.25) is 4.57 Å². The van der Waals surface area contributed by atoms with E-state index in [4.69, 9.17) is 20.3 Å². The molecule has 2 unspecified atom stereocenters. The summed E-state index contributed by atoms with van der Waals surface area (Å²) in [5.74, 6) is -0.454. The lowest BCUT2D eigenvalue weighted by Crippen LogP contribution is -2.29. The van der Waals surface area contributed by atoms with Gasteiger partial charge in [-0.15, -0.1) is 0 Å². The Morgan fingerprint density at radius 1 is 1.32 bits per heavy atom. The minimum atomic E-state index is -4.20. The fraction of sp³-hybridized carbons (Fsp3) is 0.538. The fourth-order valence-electron chi connectivity index (χ4n) is 1.94. The predicted molar refractivity (Wildman–Crippen MR) is 75.0 cm³/mol. The van der Waals surface area contributed by atoms with Gasteiger partial charge in [0, 0.05) is 0 Å². The molecule has 0 heterocycles. The van der Waals surface area contributed by atoms with Gasteiger partial charge in [-0.05, 0) is 30.9 Å². The van der Waals surface area contributed by atoms with Crippen molar-refractivity contribution in [3.05, 3.63) is 30.3 Å². The molecule has 0 spiro atoms. The summed E-state index contributed by atoms with van der Waals surface area (Å²) in [5, 5.41) is 0. The van der Waals surface area contributed by atoms with E-state index in [1.54, 1.807) is 0 Å². The topological polar surface area (TPSA) is 92.8 Å². The number of rotatable bonds is 8. The average Bonchev–Trinajstić information content (AvgIpc) is 2.38. The van der Waals surface area contributed by atoms with Crippen LogP contribution < -0.4 is 10.5 Å². The van der Waals surface area contributed by atoms with E-state index in [0.717, 1.165) is 12.2 Å². The second-order valence-corrected chi connectivity index (χ2v) is 6.33. The quantitative estimate of drug-likeness (QED) is 0.504. The van der Waals surface area contributed by atoms with Crippen LogP contribution in [0, 0.1) is 5.92 Å². The summed E-state index contributed by atoms with van der Waals surface area (Å²) in [6, 6.07) is 9.46. The molecule has 0 aromatic heterocycles. The van der Waals surface area contributed by atoms with Crippen molar-refractivity contribution in [1.82, 2.24) is 0 Å². The molecule has 1 aromatic rings. The van der Waals surface area contributed by atoms with E-state index >= 15 is 0 Å². The summed E-state index contributed by atoms with van der Waals surface area (Å²) in [5.41, 5.74) is 5.59. The van der Waals surface area contributed by atoms with E-state index in [9.17, 15) is 4.57 Å². The molecule has 0 saturated heterocycles. The third-order valence-electron chi connectivity index (χ3n) is 3.13. The maximum atomic E-state index is 11.1. The Morgan fingerprint density at radius 3 is 2.47 bits per heavy atom. The molecular weight excluding hydrogens is 265 g/mol. The molecule has 0 aliphatic rings. The van der Waals surface area contributed by atoms with Crippen molar-refractivity contribution in [2.24, 2.45) is 11.7 Å². The number of nitrogens with two attached hydrogens (primary N) is 1. The summed E-state index contributed by atoms with van der Waals surface area (Å²) in [4.78, 5) is 18.2. The standard InChI is InChI=1S/C13H22NO4P/c1-2-11(13(14)19(15,16)17)7-6-10-18-12-8-4-3-5-9-12/h3-5,8-9,11,13H,2,6-7,10,14H2,1H3,(H2,15,16,17). The van der Waals surface area contributed by atoms with Crippen LogP contribution in [0.3, 0.4) is 0 Å². The van der Waals surface area contributed by atoms with Gasteiger partial charge >= 0.3 is 7.60 Å². The zero-order valence-electron chi connectivity index (χ0n) is 11.1. The molecule has 6 heteroatoms. The molecule has 0 aliphatic heterocycles. The summed E-state index contributed by atoms with van der Waals surface area (Å²) in [6.07, 6.45) is 2.02. The Labute approximate surface area is 113 Å². The number of para-hydroxylation sites is 1. The zero-order valence-corrected chi connectivity index (χ0v) is 12.0. The average molecular weight is 287 g/mol. The lowest BCUT2D eigenvalue weighted by molar-refractivity contribution is 0.276. The highest BCUT2D eigenvalue weighted by Crippen LogP contribution is 2.43. The van der Waals surface area contributed by atoms with Gasteiger partial charge in [-0.2, -0.15) is 0 Å². The van der Waals surface area contributed by atoms with Gasteiger partial charge in [0.2, 0.25) is 0 Å². The number of benzene rings is 1. The van der Waals surface area contributed by atoms with Gasteiger partial charge in [0.05, 0.1) is 6.61 Å². The summed E-state index contributed by atoms with van der Waals surface area (Å²) >= 11 is 0. The van der Waals surface area contributed by atoms with Crippen molar-refractivity contribution in [3.63, 3.8) is 0 Å². The van der Waals surface area contributed by atoms with Crippen LogP contribution in [0.2, 0.25) is 0 Å². The highest BCUT2D eigenvalue weighted by molar-refractivity contribution is 7.52. The Balaban J connectivity index is 2.33. The molecular formula is C13H22NO4P. The predicted octanol–water partition coefficient (Wildman–Crippen LogP) is 2.33. The van der Waals surface area contributed by atoms with E-state index in [0.29, 0.717) is 19.4 Å². The molecule has 0 saturated carbocycles. The van der Waals surface area contributed by atoms with Gasteiger partial charge in [-0.25, -0.2) is 0 Å². The molecule has 0 amide bonds. The Morgan fingerprint density at radius 2 is 1.95 bits per heavy atom. The number of ether oxygens (including phenoxy) is 1. The van der Waals surface area contributed by atoms with Crippen LogP contribution in [0.15, 0.2) is 30.3 Å². The maximum absolute atomic E-state index is 11.1. The van der Waals surface area contributed by atoms with Gasteiger partial charge < -0.3 is 20.3 Å². The molecule has 2 atom stereocenters. The monoisotopic (exact) mass is 287 g/mol. The Hall–Kier alpha value is -0.870. The SMILES string of the molecule is CCC(CCCOc1ccccc1)C(N)P(=O)(O)O. The first kappa shape index (κ1) is 16.2. The van der Waals surface area contributed by atoms with Gasteiger partial charge in [0.25, 0.3) is 0 Å². The lowest BCUT2D eigenvalue weighted by atomic mass is 10.0. The zero-order chi connectivity index (χ0) is 14.3. The first-order valence-electron chi connectivity index (χ1n) is 6.43. The maximum Gasteiger partial charge on any atom is 0.342 e. The summed E-state index contributed by atoms with van der Waals surface area (Å²) in [7, 11) is -4.20. The second-order valence-electron chi connectivity index (χ2n) is 4.55. The molecule has 1 aromatic carbocycles. The molecule has 0 radical (unpaired) electrons. The Bertz CT molecular complexity index is 406. The van der Waals surface area contributed by atoms with Crippen molar-refractivity contribution >= 4 is 7.60 Å². The first-order chi connectivity index (χ1) is 8.95. The molecule has 108 valence electrons. The highest BCUT2D eigenvalue weighted by atomic mass is 31.2. The molecule has 19 heavy (non-hydrogen) atoms. The van der Waals surface area contributed by atoms with Crippen molar-refractivity contribution in [2.75, 3.05) is 6.61 Å². The van der Waals surface area contributed by atoms with Crippen LogP contribution in [-0.2, 0) is 4.57 Å². The molecule has 0 bridgehead atoms. The van der Waals surface area contributed by atoms with Gasteiger partial charge in [-0.1, -0.05) is 31.5 Å². The highest BCUT2D eigenvalue weighted by Gasteiger charge is 2.31. The van der Waals surface area contributed by atoms with Crippen LogP contribution in [0.5, 0.6) is 5.75 Å². The fourth-order valence-corrected chi connectivity index (χ4v) is 2.85. The summed E-state index contributed by atoms with van der Waals surface area (Å²) < 4.78 is 16.7. The third kappa shape index (κ3) is 5.74. The summed E-state index contributed by atoms with van der Waals surface area (Å²) in [6.45, 7) is 2.41. The van der Waals surface area contributed by atoms with Crippen molar-refractivity contribution in [1.29, 1.82) is 0 Å². The molecule has 0 aliphatic carbocycles. The third-order valence-corrected chi connectivity index (χ3v) is 4.33. The van der Waals surface area contributed by atoms with E-state index in [1.165, 1.54) is 0 Å². The molecule has 5 nitrogen and oxygen atoms in total. The van der Waals surface area contributed by atoms with E-state index < -0.39 is 13.4 Å². The minimum absolute atomic E-state index is 0.180. The van der Waals surface area contributed by atoms with Gasteiger partial charge in [0.1, 0.15) is 11.5 Å². The van der Waals surface area contributed by atoms with Crippen LogP contribution in [0.25, 0.3) is 0 Å². The smallest absolute Gasteiger partial charge is 0.342 e. The van der Waals surface area contributed by atoms with Crippen molar-refractivity contribution in [3.8, 4) is 5.75 Å².